The lowest BCUT2D eigenvalue weighted by molar-refractivity contribution is -0.149. The van der Waals surface area contributed by atoms with Crippen LogP contribution < -0.4 is 11.1 Å². The average Bonchev–Trinajstić information content (AvgIpc) is 3.13. The molecule has 0 aliphatic rings. The predicted molar refractivity (Wildman–Crippen MR) is 220 cm³/mol. The second-order valence-electron chi connectivity index (χ2n) is 12.9. The molecule has 0 aromatic rings. The first kappa shape index (κ1) is 48.3. The van der Waals surface area contributed by atoms with Crippen molar-refractivity contribution in [1.29, 1.82) is 0 Å². The fraction of sp³-hybridized carbons (Fsp3) is 0.578. The molecule has 0 spiro atoms. The molecule has 0 aliphatic carbocycles. The molecule has 0 rings (SSSR count). The van der Waals surface area contributed by atoms with Crippen LogP contribution in [-0.2, 0) is 19.1 Å². The highest BCUT2D eigenvalue weighted by Gasteiger charge is 2.19. The van der Waals surface area contributed by atoms with E-state index in [1.54, 1.807) is 0 Å². The van der Waals surface area contributed by atoms with E-state index in [1.807, 2.05) is 0 Å². The van der Waals surface area contributed by atoms with Gasteiger partial charge < -0.3 is 20.9 Å². The number of hydrogen-bond donors (Lipinski definition) is 3. The van der Waals surface area contributed by atoms with Gasteiger partial charge in [-0.3, -0.25) is 9.59 Å². The molecule has 0 bridgehead atoms. The predicted octanol–water partition coefficient (Wildman–Crippen LogP) is 11.1. The number of nitrogens with one attached hydrogen (secondary N) is 1. The highest BCUT2D eigenvalue weighted by Crippen LogP contribution is 2.16. The highest BCUT2D eigenvalue weighted by molar-refractivity contribution is 5.83. The van der Waals surface area contributed by atoms with Crippen molar-refractivity contribution in [2.75, 3.05) is 6.54 Å². The second-order valence-corrected chi connectivity index (χ2v) is 12.9. The number of esters is 1. The molecule has 0 radical (unpaired) electrons. The Bertz CT molecular complexity index is 1130. The lowest BCUT2D eigenvalue weighted by Gasteiger charge is -2.17. The maximum absolute atomic E-state index is 12.7. The summed E-state index contributed by atoms with van der Waals surface area (Å²) in [6.07, 6.45) is 51.7. The highest BCUT2D eigenvalue weighted by atomic mass is 16.5. The molecule has 2 unspecified atom stereocenters. The Morgan fingerprint density at radius 2 is 1.02 bits per heavy atom. The molecular weight excluding hydrogens is 649 g/mol. The lowest BCUT2D eigenvalue weighted by atomic mass is 10.0. The summed E-state index contributed by atoms with van der Waals surface area (Å²) in [5.41, 5.74) is 5.47. The summed E-state index contributed by atoms with van der Waals surface area (Å²) in [5, 5.41) is 11.9. The quantitative estimate of drug-likeness (QED) is 0.0346. The van der Waals surface area contributed by atoms with Gasteiger partial charge in [0.15, 0.2) is 0 Å². The number of carboxylic acid groups (broad SMARTS) is 1. The smallest absolute Gasteiger partial charge is 0.326 e. The van der Waals surface area contributed by atoms with Crippen LogP contribution in [-0.4, -0.2) is 41.6 Å². The summed E-state index contributed by atoms with van der Waals surface area (Å²) in [4.78, 5) is 36.3. The van der Waals surface area contributed by atoms with E-state index in [2.05, 4.69) is 116 Å². The molecule has 1 amide bonds. The third-order valence-corrected chi connectivity index (χ3v) is 8.17. The zero-order valence-corrected chi connectivity index (χ0v) is 32.6. The molecule has 0 aromatic heterocycles. The first-order valence-electron chi connectivity index (χ1n) is 20.1. The minimum atomic E-state index is -1.02. The van der Waals surface area contributed by atoms with Crippen molar-refractivity contribution in [2.24, 2.45) is 5.73 Å². The Morgan fingerprint density at radius 3 is 1.52 bits per heavy atom. The Kier molecular flexibility index (Phi) is 35.8. The third-order valence-electron chi connectivity index (χ3n) is 8.17. The van der Waals surface area contributed by atoms with Crippen LogP contribution in [0.3, 0.4) is 0 Å². The molecule has 0 saturated carbocycles. The summed E-state index contributed by atoms with van der Waals surface area (Å²) in [5.74, 6) is -1.39. The zero-order valence-electron chi connectivity index (χ0n) is 32.6. The number of rotatable bonds is 34. The number of carboxylic acids is 1. The van der Waals surface area contributed by atoms with Crippen LogP contribution in [0.1, 0.15) is 149 Å². The fourth-order valence-corrected chi connectivity index (χ4v) is 5.22. The third kappa shape index (κ3) is 34.7. The molecule has 52 heavy (non-hydrogen) atoms. The van der Waals surface area contributed by atoms with Crippen molar-refractivity contribution < 1.29 is 24.2 Å². The van der Waals surface area contributed by atoms with Gasteiger partial charge in [-0.05, 0) is 109 Å². The Hall–Kier alpha value is -3.71. The minimum Gasteiger partial charge on any atom is -0.480 e. The van der Waals surface area contributed by atoms with E-state index in [4.69, 9.17) is 10.5 Å². The second kappa shape index (κ2) is 38.5. The SMILES string of the molecule is CC/C=C\C/C=C\C/C=C\C/C=C\CCC(=O)OC(CC/C=C\C/C=C\C/C=C\C/C=C\CC)CCCCCCCC(=O)NC(CCCN)C(=O)O. The van der Waals surface area contributed by atoms with Crippen molar-refractivity contribution in [3.63, 3.8) is 0 Å². The number of ether oxygens (including phenoxy) is 1. The van der Waals surface area contributed by atoms with Crippen LogP contribution in [0.5, 0.6) is 0 Å². The molecule has 0 aromatic carbocycles. The number of hydrogen-bond acceptors (Lipinski definition) is 5. The topological polar surface area (TPSA) is 119 Å². The first-order chi connectivity index (χ1) is 25.4. The van der Waals surface area contributed by atoms with Gasteiger partial charge in [-0.25, -0.2) is 4.79 Å². The maximum atomic E-state index is 12.7. The number of amides is 1. The van der Waals surface area contributed by atoms with Gasteiger partial charge in [-0.2, -0.15) is 0 Å². The number of carbonyl (C=O) groups excluding carboxylic acids is 2. The normalized spacial score (nSPS) is 13.8. The molecule has 292 valence electrons. The van der Waals surface area contributed by atoms with E-state index in [-0.39, 0.29) is 18.0 Å². The van der Waals surface area contributed by atoms with Gasteiger partial charge in [0, 0.05) is 12.8 Å². The molecule has 0 aliphatic heterocycles. The van der Waals surface area contributed by atoms with Crippen LogP contribution in [0.4, 0.5) is 0 Å². The number of aliphatic carboxylic acids is 1. The molecule has 7 nitrogen and oxygen atoms in total. The lowest BCUT2D eigenvalue weighted by Crippen LogP contribution is -2.40. The molecule has 4 N–H and O–H groups in total. The van der Waals surface area contributed by atoms with Crippen LogP contribution >= 0.6 is 0 Å². The van der Waals surface area contributed by atoms with Gasteiger partial charge >= 0.3 is 11.9 Å². The van der Waals surface area contributed by atoms with Gasteiger partial charge in [0.1, 0.15) is 12.1 Å². The summed E-state index contributed by atoms with van der Waals surface area (Å²) in [6.45, 7) is 4.68. The van der Waals surface area contributed by atoms with E-state index in [0.29, 0.717) is 38.6 Å². The van der Waals surface area contributed by atoms with E-state index in [9.17, 15) is 19.5 Å². The van der Waals surface area contributed by atoms with Gasteiger partial charge in [0.05, 0.1) is 0 Å². The van der Waals surface area contributed by atoms with Gasteiger partial charge in [-0.15, -0.1) is 0 Å². The molecule has 0 saturated heterocycles. The van der Waals surface area contributed by atoms with Crippen LogP contribution in [0, 0.1) is 0 Å². The summed E-state index contributed by atoms with van der Waals surface area (Å²) < 4.78 is 5.94. The van der Waals surface area contributed by atoms with Crippen LogP contribution in [0.2, 0.25) is 0 Å². The van der Waals surface area contributed by atoms with E-state index in [1.165, 1.54) is 0 Å². The largest absolute Gasteiger partial charge is 0.480 e. The van der Waals surface area contributed by atoms with Crippen molar-refractivity contribution in [3.8, 4) is 0 Å². The molecule has 0 fully saturated rings. The molecule has 7 heteroatoms. The first-order valence-corrected chi connectivity index (χ1v) is 20.1. The monoisotopic (exact) mass is 721 g/mol. The van der Waals surface area contributed by atoms with Crippen molar-refractivity contribution in [3.05, 3.63) is 97.2 Å². The Labute approximate surface area is 317 Å². The average molecular weight is 721 g/mol. The summed E-state index contributed by atoms with van der Waals surface area (Å²) in [6, 6.07) is -0.874. The summed E-state index contributed by atoms with van der Waals surface area (Å²) >= 11 is 0. The molecule has 2 atom stereocenters. The van der Waals surface area contributed by atoms with Gasteiger partial charge in [0.25, 0.3) is 0 Å². The Morgan fingerprint density at radius 1 is 0.558 bits per heavy atom. The van der Waals surface area contributed by atoms with Crippen LogP contribution in [0.15, 0.2) is 97.2 Å². The standard InChI is InChI=1S/C45H72N2O5/c1-3-5-7-9-11-13-15-17-19-21-23-26-30-35-41(36-31-27-25-28-32-38-43(48)47-42(45(50)51)37-34-40-46)52-44(49)39-33-29-24-22-20-18-16-14-12-10-8-6-4-2/h5-8,11-14,17-20,23-24,26,29,41-42H,3-4,9-10,15-16,21-22,25,27-28,30-40,46H2,1-2H3,(H,47,48)(H,50,51)/b7-5-,8-6-,13-11-,14-12-,19-17-,20-18-,26-23-,29-24-. The molecular formula is C45H72N2O5. The van der Waals surface area contributed by atoms with Crippen molar-refractivity contribution >= 4 is 17.8 Å². The number of unbranched alkanes of at least 4 members (excludes halogenated alkanes) is 4. The summed E-state index contributed by atoms with van der Waals surface area (Å²) in [7, 11) is 0. The van der Waals surface area contributed by atoms with Crippen LogP contribution in [0.25, 0.3) is 0 Å². The van der Waals surface area contributed by atoms with E-state index in [0.717, 1.165) is 103 Å². The number of carbonyl (C=O) groups is 3. The van der Waals surface area contributed by atoms with Crippen molar-refractivity contribution in [2.45, 2.75) is 161 Å². The van der Waals surface area contributed by atoms with Gasteiger partial charge in [-0.1, -0.05) is 130 Å². The van der Waals surface area contributed by atoms with Crippen molar-refractivity contribution in [1.82, 2.24) is 5.32 Å². The van der Waals surface area contributed by atoms with E-state index < -0.39 is 12.0 Å². The fourth-order valence-electron chi connectivity index (χ4n) is 5.22. The zero-order chi connectivity index (χ0) is 38.2. The number of nitrogens with two attached hydrogens (primary N) is 1. The van der Waals surface area contributed by atoms with Gasteiger partial charge in [0.2, 0.25) is 5.91 Å². The Balaban J connectivity index is 4.61. The minimum absolute atomic E-state index is 0.107. The maximum Gasteiger partial charge on any atom is 0.326 e. The number of allylic oxidation sites excluding steroid dienone is 16. The molecule has 0 heterocycles. The van der Waals surface area contributed by atoms with E-state index >= 15 is 0 Å².